The molecule has 3 saturated carbocycles. The molecule has 4 aliphatic rings. The maximum Gasteiger partial charge on any atom is 0.153 e. The highest BCUT2D eigenvalue weighted by Gasteiger charge is 2.53. The molecular weight excluding hydrogens is 559 g/mol. The molecule has 0 amide bonds. The Morgan fingerprint density at radius 1 is 1.07 bits per heavy atom. The molecule has 0 bridgehead atoms. The second-order valence-corrected chi connectivity index (χ2v) is 15.6. The van der Waals surface area contributed by atoms with Gasteiger partial charge in [0.05, 0.1) is 45.5 Å². The molecule has 3 aromatic rings. The molecule has 0 spiro atoms. The van der Waals surface area contributed by atoms with E-state index in [2.05, 4.69) is 16.0 Å². The van der Waals surface area contributed by atoms with Crippen LogP contribution >= 0.6 is 11.3 Å². The first-order valence-corrected chi connectivity index (χ1v) is 17.0. The number of carbonyl (C=O) groups is 1. The molecule has 3 heterocycles. The lowest BCUT2D eigenvalue weighted by molar-refractivity contribution is -0.125. The lowest BCUT2D eigenvalue weighted by atomic mass is 9.73. The number of hydrogen-bond acceptors (Lipinski definition) is 8. The number of ketones is 1. The molecule has 212 valence electrons. The van der Waals surface area contributed by atoms with Crippen molar-refractivity contribution in [2.24, 2.45) is 23.2 Å². The van der Waals surface area contributed by atoms with E-state index < -0.39 is 21.1 Å². The Kier molecular flexibility index (Phi) is 6.51. The Morgan fingerprint density at radius 2 is 1.80 bits per heavy atom. The van der Waals surface area contributed by atoms with Crippen LogP contribution in [-0.2, 0) is 14.6 Å². The van der Waals surface area contributed by atoms with Crippen LogP contribution in [0, 0.1) is 40.3 Å². The molecule has 4 atom stereocenters. The Bertz CT molecular complexity index is 1630. The van der Waals surface area contributed by atoms with Gasteiger partial charge >= 0.3 is 0 Å². The highest BCUT2D eigenvalue weighted by Crippen LogP contribution is 2.59. The Labute approximate surface area is 243 Å². The fourth-order valence-electron chi connectivity index (χ4n) is 6.67. The van der Waals surface area contributed by atoms with Gasteiger partial charge in [-0.05, 0) is 73.8 Å². The molecule has 0 radical (unpaired) electrons. The highest BCUT2D eigenvalue weighted by molar-refractivity contribution is 7.91. The number of halogens is 1. The number of fused-ring (bicyclic) bond motifs is 1. The van der Waals surface area contributed by atoms with Crippen molar-refractivity contribution < 1.29 is 17.6 Å². The van der Waals surface area contributed by atoms with E-state index in [9.17, 15) is 22.9 Å². The van der Waals surface area contributed by atoms with Crippen molar-refractivity contribution >= 4 is 32.6 Å². The van der Waals surface area contributed by atoms with Crippen LogP contribution in [0.15, 0.2) is 42.6 Å². The zero-order valence-electron chi connectivity index (χ0n) is 22.6. The van der Waals surface area contributed by atoms with E-state index in [1.165, 1.54) is 23.6 Å². The largest absolute Gasteiger partial charge is 0.369 e. The number of nitriles is 1. The van der Waals surface area contributed by atoms with Gasteiger partial charge < -0.3 is 4.90 Å². The second-order valence-electron chi connectivity index (χ2n) is 12.3. The van der Waals surface area contributed by atoms with E-state index in [-0.39, 0.29) is 29.1 Å². The SMILES string of the molecule is N#CC1(CC(=O)[C@@H]2CC3CC3C[C@H]2c2nc(-c3ccc(F)cn3)sc2-c2ccc(N3CCS(=O)(=O)CC3)cc2)CC1. The van der Waals surface area contributed by atoms with Gasteiger partial charge in [-0.3, -0.25) is 9.78 Å². The molecule has 7 nitrogen and oxygen atoms in total. The van der Waals surface area contributed by atoms with Gasteiger partial charge in [-0.15, -0.1) is 11.3 Å². The van der Waals surface area contributed by atoms with Crippen LogP contribution in [0.3, 0.4) is 0 Å². The minimum atomic E-state index is -2.97. The van der Waals surface area contributed by atoms with Crippen LogP contribution in [0.1, 0.15) is 50.1 Å². The fourth-order valence-corrected chi connectivity index (χ4v) is 8.99. The maximum atomic E-state index is 13.7. The molecule has 1 aromatic carbocycles. The van der Waals surface area contributed by atoms with E-state index >= 15 is 0 Å². The average molecular weight is 591 g/mol. The van der Waals surface area contributed by atoms with Gasteiger partial charge in [0.2, 0.25) is 0 Å². The smallest absolute Gasteiger partial charge is 0.153 e. The molecular formula is C31H31FN4O3S2. The Morgan fingerprint density at radius 3 is 2.46 bits per heavy atom. The van der Waals surface area contributed by atoms with Crippen molar-refractivity contribution in [1.29, 1.82) is 5.26 Å². The van der Waals surface area contributed by atoms with Crippen LogP contribution in [0.2, 0.25) is 0 Å². The standard InChI is InChI=1S/C31H31FN4O3S2/c32-22-3-6-26(34-17-22)30-35-28(25-15-21-13-20(21)14-24(25)27(37)16-31(18-33)7-8-31)29(40-30)19-1-4-23(5-2-19)36-9-11-41(38,39)12-10-36/h1-6,17,20-21,24-25H,7-16H2/t20?,21?,24-,25-/m1/s1. The number of thiazole rings is 1. The maximum absolute atomic E-state index is 13.7. The van der Waals surface area contributed by atoms with Crippen molar-refractivity contribution in [3.05, 3.63) is 54.1 Å². The third-order valence-corrected chi connectivity index (χ3v) is 12.2. The molecule has 2 unspecified atom stereocenters. The summed E-state index contributed by atoms with van der Waals surface area (Å²) in [4.78, 5) is 26.2. The number of sulfone groups is 1. The fraction of sp³-hybridized carbons (Fsp3) is 0.484. The topological polar surface area (TPSA) is 104 Å². The average Bonchev–Trinajstić information content (AvgIpc) is 3.88. The van der Waals surface area contributed by atoms with Crippen molar-refractivity contribution in [3.63, 3.8) is 0 Å². The van der Waals surface area contributed by atoms with Crippen molar-refractivity contribution in [2.45, 2.75) is 44.4 Å². The van der Waals surface area contributed by atoms with Crippen LogP contribution in [0.25, 0.3) is 21.1 Å². The first kappa shape index (κ1) is 26.7. The first-order valence-electron chi connectivity index (χ1n) is 14.3. The van der Waals surface area contributed by atoms with E-state index in [1.807, 2.05) is 24.3 Å². The van der Waals surface area contributed by atoms with Gasteiger partial charge in [0.15, 0.2) is 9.84 Å². The molecule has 2 aromatic heterocycles. The van der Waals surface area contributed by atoms with E-state index in [1.54, 1.807) is 6.07 Å². The minimum absolute atomic E-state index is 0.0341. The summed E-state index contributed by atoms with van der Waals surface area (Å²) in [6.07, 6.45) is 6.04. The third kappa shape index (κ3) is 5.30. The summed E-state index contributed by atoms with van der Waals surface area (Å²) in [6, 6.07) is 13.6. The number of carbonyl (C=O) groups excluding carboxylic acids is 1. The summed E-state index contributed by atoms with van der Waals surface area (Å²) in [6.45, 7) is 0.957. The zero-order valence-corrected chi connectivity index (χ0v) is 24.3. The van der Waals surface area contributed by atoms with Gasteiger partial charge in [-0.2, -0.15) is 5.26 Å². The summed E-state index contributed by atoms with van der Waals surface area (Å²) < 4.78 is 37.4. The van der Waals surface area contributed by atoms with E-state index in [0.717, 1.165) is 53.9 Å². The summed E-state index contributed by atoms with van der Waals surface area (Å²) in [5, 5.41) is 10.3. The Hall–Kier alpha value is -3.16. The first-order chi connectivity index (χ1) is 19.7. The Balaban J connectivity index is 1.24. The van der Waals surface area contributed by atoms with Crippen LogP contribution in [0.4, 0.5) is 10.1 Å². The number of Topliss-reactive ketones (excluding diaryl/α,β-unsaturated/α-hetero) is 1. The minimum Gasteiger partial charge on any atom is -0.369 e. The van der Waals surface area contributed by atoms with E-state index in [4.69, 9.17) is 4.98 Å². The number of nitrogens with zero attached hydrogens (tertiary/aromatic N) is 4. The summed E-state index contributed by atoms with van der Waals surface area (Å²) in [5.41, 5.74) is 2.99. The quantitative estimate of drug-likeness (QED) is 0.351. The highest BCUT2D eigenvalue weighted by atomic mass is 32.2. The molecule has 41 heavy (non-hydrogen) atoms. The van der Waals surface area contributed by atoms with Crippen molar-refractivity contribution in [2.75, 3.05) is 29.5 Å². The molecule has 3 aliphatic carbocycles. The summed E-state index contributed by atoms with van der Waals surface area (Å²) >= 11 is 1.51. The van der Waals surface area contributed by atoms with Gasteiger partial charge in [0.25, 0.3) is 0 Å². The van der Waals surface area contributed by atoms with Crippen LogP contribution in [-0.4, -0.2) is 48.8 Å². The number of pyridine rings is 1. The normalized spacial score (nSPS) is 27.5. The number of aromatic nitrogens is 2. The van der Waals surface area contributed by atoms with Crippen molar-refractivity contribution in [3.8, 4) is 27.2 Å². The van der Waals surface area contributed by atoms with Gasteiger partial charge in [-0.25, -0.2) is 17.8 Å². The number of rotatable bonds is 7. The summed E-state index contributed by atoms with van der Waals surface area (Å²) in [7, 11) is -2.97. The molecule has 10 heteroatoms. The molecule has 7 rings (SSSR count). The van der Waals surface area contributed by atoms with E-state index in [0.29, 0.717) is 42.0 Å². The lowest BCUT2D eigenvalue weighted by Gasteiger charge is -2.30. The number of anilines is 1. The van der Waals surface area contributed by atoms with Crippen molar-refractivity contribution in [1.82, 2.24) is 9.97 Å². The zero-order chi connectivity index (χ0) is 28.4. The van der Waals surface area contributed by atoms with Crippen LogP contribution in [0.5, 0.6) is 0 Å². The second kappa shape index (κ2) is 9.99. The van der Waals surface area contributed by atoms with Gasteiger partial charge in [-0.1, -0.05) is 12.1 Å². The molecule has 0 N–H and O–H groups in total. The third-order valence-electron chi connectivity index (χ3n) is 9.48. The van der Waals surface area contributed by atoms with Crippen LogP contribution < -0.4 is 4.90 Å². The number of benzene rings is 1. The predicted octanol–water partition coefficient (Wildman–Crippen LogP) is 5.64. The van der Waals surface area contributed by atoms with Gasteiger partial charge in [0.1, 0.15) is 16.6 Å². The molecule has 4 fully saturated rings. The predicted molar refractivity (Wildman–Crippen MR) is 156 cm³/mol. The molecule has 1 saturated heterocycles. The summed E-state index contributed by atoms with van der Waals surface area (Å²) in [5.74, 6) is 1.11. The van der Waals surface area contributed by atoms with Gasteiger partial charge in [0, 0.05) is 37.0 Å². The monoisotopic (exact) mass is 590 g/mol. The molecule has 1 aliphatic heterocycles. The number of hydrogen-bond donors (Lipinski definition) is 0. The lowest BCUT2D eigenvalue weighted by Crippen LogP contribution is -2.40.